The summed E-state index contributed by atoms with van der Waals surface area (Å²) >= 11 is 0. The third-order valence-electron chi connectivity index (χ3n) is 5.27. The highest BCUT2D eigenvalue weighted by Gasteiger charge is 2.49. The van der Waals surface area contributed by atoms with Crippen molar-refractivity contribution in [2.24, 2.45) is 13.0 Å². The fraction of sp³-hybridized carbons (Fsp3) is 0.733. The van der Waals surface area contributed by atoms with Crippen LogP contribution in [0.2, 0.25) is 0 Å². The van der Waals surface area contributed by atoms with E-state index in [4.69, 9.17) is 0 Å². The van der Waals surface area contributed by atoms with Gasteiger partial charge in [0.25, 0.3) is 0 Å². The minimum atomic E-state index is -3.09. The van der Waals surface area contributed by atoms with E-state index in [-0.39, 0.29) is 35.4 Å². The Morgan fingerprint density at radius 2 is 2.00 bits per heavy atom. The van der Waals surface area contributed by atoms with Crippen LogP contribution in [0.15, 0.2) is 12.4 Å². The highest BCUT2D eigenvalue weighted by Crippen LogP contribution is 2.35. The Morgan fingerprint density at radius 3 is 2.65 bits per heavy atom. The maximum Gasteiger partial charge on any atom is 0.226 e. The summed E-state index contributed by atoms with van der Waals surface area (Å²) in [6.07, 6.45) is 5.56. The molecular weight excluding hydrogens is 316 g/mol. The maximum absolute atomic E-state index is 12.5. The summed E-state index contributed by atoms with van der Waals surface area (Å²) < 4.78 is 26.3. The predicted molar refractivity (Wildman–Crippen MR) is 84.3 cm³/mol. The fourth-order valence-electron chi connectivity index (χ4n) is 3.79. The molecule has 4 rings (SSSR count). The van der Waals surface area contributed by atoms with Crippen LogP contribution in [-0.2, 0) is 28.2 Å². The molecule has 0 unspecified atom stereocenters. The van der Waals surface area contributed by atoms with Gasteiger partial charge in [0, 0.05) is 44.5 Å². The van der Waals surface area contributed by atoms with E-state index in [9.17, 15) is 13.2 Å². The van der Waals surface area contributed by atoms with Crippen LogP contribution in [0.25, 0.3) is 0 Å². The number of aryl methyl sites for hydroxylation is 1. The van der Waals surface area contributed by atoms with Gasteiger partial charge in [-0.25, -0.2) is 13.4 Å². The van der Waals surface area contributed by atoms with Crippen LogP contribution in [0.3, 0.4) is 0 Å². The molecule has 8 heteroatoms. The van der Waals surface area contributed by atoms with Gasteiger partial charge >= 0.3 is 0 Å². The van der Waals surface area contributed by atoms with Gasteiger partial charge in [-0.2, -0.15) is 0 Å². The first kappa shape index (κ1) is 15.1. The van der Waals surface area contributed by atoms with Gasteiger partial charge in [-0.15, -0.1) is 0 Å². The van der Waals surface area contributed by atoms with Gasteiger partial charge in [0.05, 0.1) is 24.1 Å². The van der Waals surface area contributed by atoms with E-state index in [2.05, 4.69) is 9.88 Å². The van der Waals surface area contributed by atoms with Crippen molar-refractivity contribution in [3.63, 3.8) is 0 Å². The number of piperazine rings is 1. The zero-order valence-electron chi connectivity index (χ0n) is 13.3. The lowest BCUT2D eigenvalue weighted by molar-refractivity contribution is -0.138. The van der Waals surface area contributed by atoms with E-state index in [0.717, 1.165) is 18.7 Å². The molecule has 3 heterocycles. The minimum Gasteiger partial charge on any atom is -0.337 e. The normalized spacial score (nSPS) is 30.4. The standard InChI is InChI=1S/C15H22N4O3S/c1-17-5-4-16-14(17)8-18-6-7-19(15(20)11-2-3-11)13-10-23(21,22)9-12(13)18/h4-5,11-13H,2-3,6-10H2,1H3/t12-,13+/m0/s1. The molecule has 0 bridgehead atoms. The van der Waals surface area contributed by atoms with Gasteiger partial charge in [-0.3, -0.25) is 9.69 Å². The molecule has 126 valence electrons. The molecule has 2 atom stereocenters. The highest BCUT2D eigenvalue weighted by atomic mass is 32.2. The van der Waals surface area contributed by atoms with E-state index < -0.39 is 9.84 Å². The van der Waals surface area contributed by atoms with Crippen molar-refractivity contribution in [1.29, 1.82) is 0 Å². The van der Waals surface area contributed by atoms with Crippen molar-refractivity contribution in [3.8, 4) is 0 Å². The molecular formula is C15H22N4O3S. The number of nitrogens with zero attached hydrogens (tertiary/aromatic N) is 4. The first-order valence-electron chi connectivity index (χ1n) is 8.16. The summed E-state index contributed by atoms with van der Waals surface area (Å²) in [5, 5.41) is 0. The summed E-state index contributed by atoms with van der Waals surface area (Å²) in [6.45, 7) is 1.96. The van der Waals surface area contributed by atoms with E-state index >= 15 is 0 Å². The van der Waals surface area contributed by atoms with Crippen LogP contribution >= 0.6 is 0 Å². The van der Waals surface area contributed by atoms with Gasteiger partial charge in [-0.1, -0.05) is 0 Å². The fourth-order valence-corrected chi connectivity index (χ4v) is 5.80. The minimum absolute atomic E-state index is 0.104. The van der Waals surface area contributed by atoms with Crippen LogP contribution in [0.4, 0.5) is 0 Å². The maximum atomic E-state index is 12.5. The molecule has 0 N–H and O–H groups in total. The molecule has 1 saturated carbocycles. The van der Waals surface area contributed by atoms with Gasteiger partial charge in [0.1, 0.15) is 5.82 Å². The van der Waals surface area contributed by atoms with Gasteiger partial charge < -0.3 is 9.47 Å². The molecule has 1 aromatic heterocycles. The zero-order chi connectivity index (χ0) is 16.2. The smallest absolute Gasteiger partial charge is 0.226 e. The van der Waals surface area contributed by atoms with Crippen LogP contribution in [-0.4, -0.2) is 70.4 Å². The summed E-state index contributed by atoms with van der Waals surface area (Å²) in [6, 6.07) is -0.296. The first-order valence-corrected chi connectivity index (χ1v) is 9.98. The SMILES string of the molecule is Cn1ccnc1CN1CCN(C(=O)C2CC2)[C@@H]2CS(=O)(=O)C[C@@H]21. The van der Waals surface area contributed by atoms with Crippen LogP contribution < -0.4 is 0 Å². The van der Waals surface area contributed by atoms with E-state index in [0.29, 0.717) is 19.6 Å². The number of sulfone groups is 1. The number of rotatable bonds is 3. The first-order chi connectivity index (χ1) is 10.9. The molecule has 1 amide bonds. The molecule has 2 aliphatic heterocycles. The Balaban J connectivity index is 1.57. The topological polar surface area (TPSA) is 75.5 Å². The Kier molecular flexibility index (Phi) is 3.49. The summed E-state index contributed by atoms with van der Waals surface area (Å²) in [4.78, 5) is 20.9. The Labute approximate surface area is 136 Å². The van der Waals surface area contributed by atoms with Crippen molar-refractivity contribution in [1.82, 2.24) is 19.4 Å². The quantitative estimate of drug-likeness (QED) is 0.752. The molecule has 1 aromatic rings. The molecule has 1 aliphatic carbocycles. The van der Waals surface area contributed by atoms with Crippen LogP contribution in [0, 0.1) is 5.92 Å². The second-order valence-corrected chi connectivity index (χ2v) is 9.10. The van der Waals surface area contributed by atoms with Gasteiger partial charge in [-0.05, 0) is 12.8 Å². The molecule has 0 aromatic carbocycles. The number of imidazole rings is 1. The number of carbonyl (C=O) groups excluding carboxylic acids is 1. The molecule has 0 spiro atoms. The van der Waals surface area contributed by atoms with Crippen molar-refractivity contribution in [2.75, 3.05) is 24.6 Å². The average molecular weight is 338 g/mol. The monoisotopic (exact) mass is 338 g/mol. The summed E-state index contributed by atoms with van der Waals surface area (Å²) in [5.74, 6) is 1.48. The zero-order valence-corrected chi connectivity index (χ0v) is 14.1. The number of carbonyl (C=O) groups is 1. The second kappa shape index (κ2) is 5.31. The molecule has 0 radical (unpaired) electrons. The van der Waals surface area contributed by atoms with Gasteiger partial charge in [0.15, 0.2) is 9.84 Å². The predicted octanol–water partition coefficient (Wildman–Crippen LogP) is -0.360. The summed E-state index contributed by atoms with van der Waals surface area (Å²) in [7, 11) is -1.14. The van der Waals surface area contributed by atoms with Crippen LogP contribution in [0.5, 0.6) is 0 Å². The van der Waals surface area contributed by atoms with Crippen molar-refractivity contribution in [2.45, 2.75) is 31.5 Å². The Morgan fingerprint density at radius 1 is 1.26 bits per heavy atom. The van der Waals surface area contributed by atoms with Crippen molar-refractivity contribution >= 4 is 15.7 Å². The number of amides is 1. The number of hydrogen-bond donors (Lipinski definition) is 0. The lowest BCUT2D eigenvalue weighted by Crippen LogP contribution is -2.60. The highest BCUT2D eigenvalue weighted by molar-refractivity contribution is 7.91. The lowest BCUT2D eigenvalue weighted by atomic mass is 10.0. The Bertz CT molecular complexity index is 725. The Hall–Kier alpha value is -1.41. The summed E-state index contributed by atoms with van der Waals surface area (Å²) in [5.41, 5.74) is 0. The molecule has 3 fully saturated rings. The second-order valence-electron chi connectivity index (χ2n) is 6.94. The molecule has 7 nitrogen and oxygen atoms in total. The number of fused-ring (bicyclic) bond motifs is 1. The molecule has 3 aliphatic rings. The van der Waals surface area contributed by atoms with E-state index in [1.54, 1.807) is 6.20 Å². The van der Waals surface area contributed by atoms with E-state index in [1.165, 1.54) is 0 Å². The third kappa shape index (κ3) is 2.78. The van der Waals surface area contributed by atoms with Gasteiger partial charge in [0.2, 0.25) is 5.91 Å². The van der Waals surface area contributed by atoms with Crippen molar-refractivity contribution in [3.05, 3.63) is 18.2 Å². The molecule has 2 saturated heterocycles. The van der Waals surface area contributed by atoms with Crippen LogP contribution in [0.1, 0.15) is 18.7 Å². The largest absolute Gasteiger partial charge is 0.337 e. The lowest BCUT2D eigenvalue weighted by Gasteiger charge is -2.43. The molecule has 23 heavy (non-hydrogen) atoms. The number of aromatic nitrogens is 2. The van der Waals surface area contributed by atoms with Crippen molar-refractivity contribution < 1.29 is 13.2 Å². The third-order valence-corrected chi connectivity index (χ3v) is 6.96. The average Bonchev–Trinajstić information content (AvgIpc) is 3.18. The number of hydrogen-bond acceptors (Lipinski definition) is 5. The van der Waals surface area contributed by atoms with E-state index in [1.807, 2.05) is 22.7 Å².